The maximum atomic E-state index is 12.1. The summed E-state index contributed by atoms with van der Waals surface area (Å²) in [6.07, 6.45) is 9.77. The van der Waals surface area contributed by atoms with Crippen LogP contribution in [0, 0.1) is 11.8 Å². The third kappa shape index (κ3) is 3.81. The van der Waals surface area contributed by atoms with Crippen LogP contribution in [-0.2, 0) is 4.79 Å². The Kier molecular flexibility index (Phi) is 5.16. The summed E-state index contributed by atoms with van der Waals surface area (Å²) < 4.78 is 0. The van der Waals surface area contributed by atoms with Crippen LogP contribution < -0.4 is 5.43 Å². The van der Waals surface area contributed by atoms with Crippen molar-refractivity contribution in [3.63, 3.8) is 0 Å². The van der Waals surface area contributed by atoms with Crippen LogP contribution in [-0.4, -0.2) is 11.6 Å². The Labute approximate surface area is 122 Å². The molecule has 0 heterocycles. The highest BCUT2D eigenvalue weighted by molar-refractivity contribution is 6.01. The van der Waals surface area contributed by atoms with Gasteiger partial charge in [-0.05, 0) is 51.0 Å². The smallest absolute Gasteiger partial charge is 0.243 e. The molecule has 0 aromatic rings. The number of nitrogens with one attached hydrogen (secondary N) is 1. The van der Waals surface area contributed by atoms with E-state index in [1.807, 2.05) is 0 Å². The molecule has 2 aliphatic carbocycles. The second-order valence-corrected chi connectivity index (χ2v) is 6.24. The van der Waals surface area contributed by atoms with Gasteiger partial charge in [0.25, 0.3) is 0 Å². The van der Waals surface area contributed by atoms with E-state index in [1.165, 1.54) is 30.4 Å². The van der Waals surface area contributed by atoms with E-state index in [9.17, 15) is 4.79 Å². The fourth-order valence-electron chi connectivity index (χ4n) is 3.00. The van der Waals surface area contributed by atoms with Crippen molar-refractivity contribution in [2.24, 2.45) is 16.9 Å². The van der Waals surface area contributed by atoms with Gasteiger partial charge >= 0.3 is 0 Å². The highest BCUT2D eigenvalue weighted by Crippen LogP contribution is 2.27. The molecule has 20 heavy (non-hydrogen) atoms. The summed E-state index contributed by atoms with van der Waals surface area (Å²) in [6, 6.07) is 0. The topological polar surface area (TPSA) is 41.5 Å². The van der Waals surface area contributed by atoms with Crippen LogP contribution in [0.3, 0.4) is 0 Å². The number of nitrogens with zero attached hydrogens (tertiary/aromatic N) is 1. The molecule has 0 radical (unpaired) electrons. The third-order valence-corrected chi connectivity index (χ3v) is 4.58. The number of amides is 1. The zero-order chi connectivity index (χ0) is 14.5. The lowest BCUT2D eigenvalue weighted by atomic mass is 9.85. The average Bonchev–Trinajstić information content (AvgIpc) is 2.46. The Morgan fingerprint density at radius 1 is 1.30 bits per heavy atom. The van der Waals surface area contributed by atoms with E-state index in [2.05, 4.69) is 37.0 Å². The number of rotatable bonds is 3. The molecule has 0 bridgehead atoms. The number of hydrogen-bond acceptors (Lipinski definition) is 2. The minimum atomic E-state index is 0.0995. The van der Waals surface area contributed by atoms with Gasteiger partial charge in [-0.3, -0.25) is 4.79 Å². The van der Waals surface area contributed by atoms with Crippen molar-refractivity contribution in [3.05, 3.63) is 23.8 Å². The monoisotopic (exact) mass is 274 g/mol. The van der Waals surface area contributed by atoms with Crippen molar-refractivity contribution in [1.82, 2.24) is 5.43 Å². The summed E-state index contributed by atoms with van der Waals surface area (Å²) in [5.74, 6) is 0.726. The second kappa shape index (κ2) is 6.87. The van der Waals surface area contributed by atoms with Gasteiger partial charge in [0, 0.05) is 5.92 Å². The maximum Gasteiger partial charge on any atom is 0.243 e. The van der Waals surface area contributed by atoms with Gasteiger partial charge in [-0.25, -0.2) is 5.43 Å². The van der Waals surface area contributed by atoms with Gasteiger partial charge in [0.05, 0.1) is 5.71 Å². The zero-order valence-electron chi connectivity index (χ0n) is 12.7. The number of hydrazone groups is 1. The molecule has 2 aliphatic rings. The summed E-state index contributed by atoms with van der Waals surface area (Å²) >= 11 is 0. The van der Waals surface area contributed by atoms with E-state index < -0.39 is 0 Å². The van der Waals surface area contributed by atoms with Crippen molar-refractivity contribution in [2.75, 3.05) is 0 Å². The van der Waals surface area contributed by atoms with Crippen molar-refractivity contribution >= 4 is 11.6 Å². The predicted octanol–water partition coefficient (Wildman–Crippen LogP) is 3.97. The Morgan fingerprint density at radius 3 is 2.65 bits per heavy atom. The first kappa shape index (κ1) is 15.0. The SMILES string of the molecule is C=C(C)C1CC=C(C)/C(=N\NC(=O)C2CCCCC2)C1. The minimum absolute atomic E-state index is 0.0995. The molecule has 1 amide bonds. The van der Waals surface area contributed by atoms with Gasteiger partial charge in [-0.2, -0.15) is 5.10 Å². The standard InChI is InChI=1S/C17H26N2O/c1-12(2)15-10-9-13(3)16(11-15)18-19-17(20)14-7-5-4-6-8-14/h9,14-15H,1,4-8,10-11H2,2-3H3,(H,19,20)/b18-16-. The highest BCUT2D eigenvalue weighted by atomic mass is 16.2. The Bertz CT molecular complexity index is 442. The number of hydrogen-bond donors (Lipinski definition) is 1. The summed E-state index contributed by atoms with van der Waals surface area (Å²) in [4.78, 5) is 12.1. The van der Waals surface area contributed by atoms with Crippen LogP contribution in [0.15, 0.2) is 28.9 Å². The van der Waals surface area contributed by atoms with Crippen LogP contribution in [0.25, 0.3) is 0 Å². The summed E-state index contributed by atoms with van der Waals surface area (Å²) in [5.41, 5.74) is 6.18. The molecular weight excluding hydrogens is 248 g/mol. The molecule has 2 rings (SSSR count). The van der Waals surface area contributed by atoms with Gasteiger partial charge in [0.15, 0.2) is 0 Å². The first-order valence-corrected chi connectivity index (χ1v) is 7.77. The quantitative estimate of drug-likeness (QED) is 0.614. The van der Waals surface area contributed by atoms with Crippen LogP contribution in [0.4, 0.5) is 0 Å². The first-order chi connectivity index (χ1) is 9.58. The Balaban J connectivity index is 1.95. The van der Waals surface area contributed by atoms with E-state index in [1.54, 1.807) is 0 Å². The number of carbonyl (C=O) groups is 1. The van der Waals surface area contributed by atoms with E-state index in [-0.39, 0.29) is 11.8 Å². The average molecular weight is 274 g/mol. The largest absolute Gasteiger partial charge is 0.273 e. The number of carbonyl (C=O) groups excluding carboxylic acids is 1. The van der Waals surface area contributed by atoms with E-state index in [0.717, 1.165) is 31.4 Å². The molecule has 3 nitrogen and oxygen atoms in total. The van der Waals surface area contributed by atoms with Gasteiger partial charge < -0.3 is 0 Å². The van der Waals surface area contributed by atoms with Crippen LogP contribution in [0.5, 0.6) is 0 Å². The summed E-state index contributed by atoms with van der Waals surface area (Å²) in [5, 5.41) is 4.38. The predicted molar refractivity (Wildman–Crippen MR) is 83.4 cm³/mol. The zero-order valence-corrected chi connectivity index (χ0v) is 12.7. The molecule has 0 saturated heterocycles. The highest BCUT2D eigenvalue weighted by Gasteiger charge is 2.22. The summed E-state index contributed by atoms with van der Waals surface area (Å²) in [7, 11) is 0. The second-order valence-electron chi connectivity index (χ2n) is 6.24. The lowest BCUT2D eigenvalue weighted by Gasteiger charge is -2.23. The molecule has 3 heteroatoms. The third-order valence-electron chi connectivity index (χ3n) is 4.58. The minimum Gasteiger partial charge on any atom is -0.273 e. The molecule has 1 saturated carbocycles. The molecular formula is C17H26N2O. The van der Waals surface area contributed by atoms with Gasteiger partial charge in [0.1, 0.15) is 0 Å². The van der Waals surface area contributed by atoms with Crippen molar-refractivity contribution in [3.8, 4) is 0 Å². The van der Waals surface area contributed by atoms with Crippen LogP contribution in [0.1, 0.15) is 58.8 Å². The van der Waals surface area contributed by atoms with E-state index >= 15 is 0 Å². The number of allylic oxidation sites excluding steroid dienone is 3. The fraction of sp³-hybridized carbons (Fsp3) is 0.647. The van der Waals surface area contributed by atoms with Gasteiger partial charge in [-0.15, -0.1) is 0 Å². The molecule has 1 atom stereocenters. The first-order valence-electron chi connectivity index (χ1n) is 7.77. The molecule has 0 aliphatic heterocycles. The molecule has 1 fully saturated rings. The molecule has 1 N–H and O–H groups in total. The molecule has 0 aromatic heterocycles. The fourth-order valence-corrected chi connectivity index (χ4v) is 3.00. The van der Waals surface area contributed by atoms with Crippen molar-refractivity contribution < 1.29 is 4.79 Å². The van der Waals surface area contributed by atoms with Crippen molar-refractivity contribution in [1.29, 1.82) is 0 Å². The molecule has 0 aromatic carbocycles. The maximum absolute atomic E-state index is 12.1. The van der Waals surface area contributed by atoms with E-state index in [0.29, 0.717) is 5.92 Å². The van der Waals surface area contributed by atoms with Crippen molar-refractivity contribution in [2.45, 2.75) is 58.8 Å². The van der Waals surface area contributed by atoms with Gasteiger partial charge in [-0.1, -0.05) is 37.5 Å². The molecule has 1 unspecified atom stereocenters. The summed E-state index contributed by atoms with van der Waals surface area (Å²) in [6.45, 7) is 8.17. The lowest BCUT2D eigenvalue weighted by Crippen LogP contribution is -2.30. The molecule has 110 valence electrons. The Morgan fingerprint density at radius 2 is 2.00 bits per heavy atom. The Hall–Kier alpha value is -1.38. The van der Waals surface area contributed by atoms with Crippen LogP contribution in [0.2, 0.25) is 0 Å². The van der Waals surface area contributed by atoms with Gasteiger partial charge in [0.2, 0.25) is 5.91 Å². The molecule has 0 spiro atoms. The normalized spacial score (nSPS) is 26.2. The van der Waals surface area contributed by atoms with Crippen LogP contribution >= 0.6 is 0 Å². The van der Waals surface area contributed by atoms with E-state index in [4.69, 9.17) is 0 Å². The lowest BCUT2D eigenvalue weighted by molar-refractivity contribution is -0.125.